The number of halogens is 1. The Hall–Kier alpha value is -1.32. The first-order valence-corrected chi connectivity index (χ1v) is 6.25. The second kappa shape index (κ2) is 4.75. The van der Waals surface area contributed by atoms with Crippen LogP contribution in [0, 0.1) is 6.92 Å². The molecule has 0 radical (unpaired) electrons. The number of benzene rings is 1. The van der Waals surface area contributed by atoms with Crippen LogP contribution >= 0.6 is 11.6 Å². The van der Waals surface area contributed by atoms with Crippen LogP contribution in [0.2, 0.25) is 5.15 Å². The molecule has 1 N–H and O–H groups in total. The minimum absolute atomic E-state index is 0.454. The van der Waals surface area contributed by atoms with Gasteiger partial charge in [-0.1, -0.05) is 41.9 Å². The van der Waals surface area contributed by atoms with Crippen molar-refractivity contribution in [3.05, 3.63) is 52.3 Å². The van der Waals surface area contributed by atoms with Gasteiger partial charge in [0.25, 0.3) is 0 Å². The van der Waals surface area contributed by atoms with Gasteiger partial charge in [-0.15, -0.1) is 0 Å². The Morgan fingerprint density at radius 2 is 1.94 bits per heavy atom. The molecule has 0 spiro atoms. The number of aryl methyl sites for hydroxylation is 2. The minimum atomic E-state index is -0.946. The minimum Gasteiger partial charge on any atom is -0.385 e. The van der Waals surface area contributed by atoms with Crippen LogP contribution in [-0.2, 0) is 19.1 Å². The highest BCUT2D eigenvalue weighted by Gasteiger charge is 2.26. The number of hydrogen-bond acceptors (Lipinski definition) is 2. The molecular formula is C14H17ClN2O. The van der Waals surface area contributed by atoms with Gasteiger partial charge in [-0.25, -0.2) is 0 Å². The summed E-state index contributed by atoms with van der Waals surface area (Å²) in [5, 5.41) is 15.5. The van der Waals surface area contributed by atoms with E-state index in [9.17, 15) is 5.11 Å². The summed E-state index contributed by atoms with van der Waals surface area (Å²) < 4.78 is 1.63. The molecule has 0 bridgehead atoms. The van der Waals surface area contributed by atoms with E-state index >= 15 is 0 Å². The van der Waals surface area contributed by atoms with E-state index in [4.69, 9.17) is 11.6 Å². The van der Waals surface area contributed by atoms with Crippen molar-refractivity contribution in [1.82, 2.24) is 9.78 Å². The maximum absolute atomic E-state index is 10.6. The van der Waals surface area contributed by atoms with Gasteiger partial charge in [0.1, 0.15) is 5.15 Å². The van der Waals surface area contributed by atoms with E-state index in [0.717, 1.165) is 16.8 Å². The lowest BCUT2D eigenvalue weighted by molar-refractivity contribution is 0.0575. The average molecular weight is 265 g/mol. The SMILES string of the molecule is Cc1nn(C)c(Cl)c1CC(C)(O)c1ccccc1. The second-order valence-electron chi connectivity index (χ2n) is 4.80. The van der Waals surface area contributed by atoms with Crippen molar-refractivity contribution in [2.24, 2.45) is 7.05 Å². The fraction of sp³-hybridized carbons (Fsp3) is 0.357. The van der Waals surface area contributed by atoms with Crippen molar-refractivity contribution in [2.75, 3.05) is 0 Å². The summed E-state index contributed by atoms with van der Waals surface area (Å²) in [6, 6.07) is 9.60. The van der Waals surface area contributed by atoms with E-state index in [2.05, 4.69) is 5.10 Å². The van der Waals surface area contributed by atoms with Crippen molar-refractivity contribution in [3.8, 4) is 0 Å². The molecule has 0 saturated heterocycles. The summed E-state index contributed by atoms with van der Waals surface area (Å²) in [6.07, 6.45) is 0.454. The van der Waals surface area contributed by atoms with E-state index in [1.807, 2.05) is 37.3 Å². The predicted molar refractivity (Wildman–Crippen MR) is 72.7 cm³/mol. The first kappa shape index (κ1) is 13.1. The lowest BCUT2D eigenvalue weighted by Crippen LogP contribution is -2.24. The van der Waals surface area contributed by atoms with E-state index < -0.39 is 5.60 Å². The van der Waals surface area contributed by atoms with Gasteiger partial charge in [0.15, 0.2) is 0 Å². The molecule has 3 nitrogen and oxygen atoms in total. The molecule has 1 aromatic heterocycles. The predicted octanol–water partition coefficient (Wildman–Crippen LogP) is 2.83. The highest BCUT2D eigenvalue weighted by atomic mass is 35.5. The molecule has 1 aromatic carbocycles. The molecule has 96 valence electrons. The van der Waals surface area contributed by atoms with Crippen LogP contribution in [0.4, 0.5) is 0 Å². The Morgan fingerprint density at radius 3 is 2.44 bits per heavy atom. The third kappa shape index (κ3) is 2.42. The van der Waals surface area contributed by atoms with Crippen LogP contribution in [-0.4, -0.2) is 14.9 Å². The summed E-state index contributed by atoms with van der Waals surface area (Å²) >= 11 is 6.20. The fourth-order valence-corrected chi connectivity index (χ4v) is 2.36. The molecule has 2 aromatic rings. The third-order valence-corrected chi connectivity index (χ3v) is 3.66. The van der Waals surface area contributed by atoms with Gasteiger partial charge in [-0.3, -0.25) is 4.68 Å². The maximum atomic E-state index is 10.6. The molecule has 0 fully saturated rings. The van der Waals surface area contributed by atoms with Gasteiger partial charge in [-0.05, 0) is 19.4 Å². The monoisotopic (exact) mass is 264 g/mol. The number of aromatic nitrogens is 2. The molecule has 0 saturated carbocycles. The first-order valence-electron chi connectivity index (χ1n) is 5.87. The lowest BCUT2D eigenvalue weighted by Gasteiger charge is -2.23. The Bertz CT molecular complexity index is 546. The number of aliphatic hydroxyl groups is 1. The molecule has 1 heterocycles. The van der Waals surface area contributed by atoms with Gasteiger partial charge < -0.3 is 5.11 Å². The smallest absolute Gasteiger partial charge is 0.130 e. The summed E-state index contributed by atoms with van der Waals surface area (Å²) in [5.41, 5.74) is 1.69. The average Bonchev–Trinajstić information content (AvgIpc) is 2.57. The molecule has 18 heavy (non-hydrogen) atoms. The zero-order valence-electron chi connectivity index (χ0n) is 10.8. The van der Waals surface area contributed by atoms with E-state index in [1.165, 1.54) is 0 Å². The molecule has 4 heteroatoms. The highest BCUT2D eigenvalue weighted by Crippen LogP contribution is 2.29. The molecule has 0 aliphatic heterocycles. The van der Waals surface area contributed by atoms with Crippen molar-refractivity contribution in [3.63, 3.8) is 0 Å². The topological polar surface area (TPSA) is 38.0 Å². The van der Waals surface area contributed by atoms with Gasteiger partial charge in [0, 0.05) is 19.0 Å². The Kier molecular flexibility index (Phi) is 3.46. The summed E-state index contributed by atoms with van der Waals surface area (Å²) in [4.78, 5) is 0. The zero-order chi connectivity index (χ0) is 13.3. The summed E-state index contributed by atoms with van der Waals surface area (Å²) in [6.45, 7) is 3.70. The number of rotatable bonds is 3. The van der Waals surface area contributed by atoms with Crippen molar-refractivity contribution >= 4 is 11.6 Å². The second-order valence-corrected chi connectivity index (χ2v) is 5.15. The normalized spacial score (nSPS) is 14.5. The van der Waals surface area contributed by atoms with Crippen molar-refractivity contribution < 1.29 is 5.11 Å². The number of nitrogens with zero attached hydrogens (tertiary/aromatic N) is 2. The maximum Gasteiger partial charge on any atom is 0.130 e. The molecule has 2 rings (SSSR count). The summed E-state index contributed by atoms with van der Waals surface area (Å²) in [7, 11) is 1.80. The van der Waals surface area contributed by atoms with Gasteiger partial charge in [-0.2, -0.15) is 5.10 Å². The fourth-order valence-electron chi connectivity index (χ4n) is 2.12. The quantitative estimate of drug-likeness (QED) is 0.926. The Morgan fingerprint density at radius 1 is 1.33 bits per heavy atom. The molecule has 1 atom stereocenters. The Balaban J connectivity index is 2.33. The van der Waals surface area contributed by atoms with Crippen molar-refractivity contribution in [1.29, 1.82) is 0 Å². The molecule has 1 unspecified atom stereocenters. The molecular weight excluding hydrogens is 248 g/mol. The zero-order valence-corrected chi connectivity index (χ0v) is 11.6. The van der Waals surface area contributed by atoms with Crippen LogP contribution in [0.3, 0.4) is 0 Å². The molecule has 0 amide bonds. The highest BCUT2D eigenvalue weighted by molar-refractivity contribution is 6.30. The van der Waals surface area contributed by atoms with E-state index in [0.29, 0.717) is 11.6 Å². The van der Waals surface area contributed by atoms with Crippen molar-refractivity contribution in [2.45, 2.75) is 25.9 Å². The first-order chi connectivity index (χ1) is 8.42. The number of hydrogen-bond donors (Lipinski definition) is 1. The van der Waals surface area contributed by atoms with Crippen LogP contribution < -0.4 is 0 Å². The Labute approximate surface area is 112 Å². The van der Waals surface area contributed by atoms with Crippen LogP contribution in [0.5, 0.6) is 0 Å². The van der Waals surface area contributed by atoms with Gasteiger partial charge in [0.05, 0.1) is 11.3 Å². The third-order valence-electron chi connectivity index (χ3n) is 3.19. The summed E-state index contributed by atoms with van der Waals surface area (Å²) in [5.74, 6) is 0. The van der Waals surface area contributed by atoms with Crippen LogP contribution in [0.1, 0.15) is 23.7 Å². The molecule has 0 aliphatic carbocycles. The van der Waals surface area contributed by atoms with Gasteiger partial charge in [0.2, 0.25) is 0 Å². The van der Waals surface area contributed by atoms with Crippen LogP contribution in [0.15, 0.2) is 30.3 Å². The van der Waals surface area contributed by atoms with Crippen LogP contribution in [0.25, 0.3) is 0 Å². The lowest BCUT2D eigenvalue weighted by atomic mass is 9.89. The van der Waals surface area contributed by atoms with Gasteiger partial charge >= 0.3 is 0 Å². The van der Waals surface area contributed by atoms with E-state index in [1.54, 1.807) is 18.7 Å². The standard InChI is InChI=1S/C14H17ClN2O/c1-10-12(13(15)17(3)16-10)9-14(2,18)11-7-5-4-6-8-11/h4-8,18H,9H2,1-3H3. The van der Waals surface area contributed by atoms with E-state index in [-0.39, 0.29) is 0 Å². The molecule has 0 aliphatic rings. The largest absolute Gasteiger partial charge is 0.385 e.